The molecular weight excluding hydrogens is 214 g/mol. The number of halogens is 1. The minimum Gasteiger partial charge on any atom is -0.359 e. The van der Waals surface area contributed by atoms with E-state index in [-0.39, 0.29) is 6.04 Å². The Bertz CT molecular complexity index is 428. The molecule has 0 saturated carbocycles. The Kier molecular flexibility index (Phi) is 2.82. The van der Waals surface area contributed by atoms with Crippen molar-refractivity contribution in [3.05, 3.63) is 35.8 Å². The van der Waals surface area contributed by atoms with Crippen LogP contribution < -0.4 is 5.32 Å². The molecule has 2 rings (SSSR count). The average Bonchev–Trinajstić information content (AvgIpc) is 2.70. The lowest BCUT2D eigenvalue weighted by Crippen LogP contribution is -2.09. The number of aromatic nitrogens is 4. The number of hydrogen-bond acceptors (Lipinski definition) is 4. The summed E-state index contributed by atoms with van der Waals surface area (Å²) >= 11 is 5.72. The molecular formula is C9H10ClN5. The third kappa shape index (κ3) is 2.44. The molecule has 15 heavy (non-hydrogen) atoms. The predicted octanol–water partition coefficient (Wildman–Crippen LogP) is 2.03. The molecule has 2 aromatic rings. The average molecular weight is 224 g/mol. The van der Waals surface area contributed by atoms with Crippen molar-refractivity contribution in [3.63, 3.8) is 0 Å². The first-order valence-electron chi connectivity index (χ1n) is 4.49. The first-order valence-corrected chi connectivity index (χ1v) is 4.87. The monoisotopic (exact) mass is 223 g/mol. The highest BCUT2D eigenvalue weighted by atomic mass is 35.5. The SMILES string of the molecule is CC(Nc1cncc(Cl)n1)c1ncc[nH]1. The molecule has 78 valence electrons. The Labute approximate surface area is 91.9 Å². The maximum atomic E-state index is 5.72. The molecule has 0 aliphatic heterocycles. The van der Waals surface area contributed by atoms with Crippen LogP contribution in [0.25, 0.3) is 0 Å². The van der Waals surface area contributed by atoms with Crippen LogP contribution in [-0.4, -0.2) is 19.9 Å². The summed E-state index contributed by atoms with van der Waals surface area (Å²) in [4.78, 5) is 15.2. The number of nitrogens with one attached hydrogen (secondary N) is 2. The van der Waals surface area contributed by atoms with Crippen LogP contribution >= 0.6 is 11.6 Å². The van der Waals surface area contributed by atoms with E-state index in [0.717, 1.165) is 5.82 Å². The molecule has 0 fully saturated rings. The van der Waals surface area contributed by atoms with Crippen molar-refractivity contribution in [2.75, 3.05) is 5.32 Å². The Morgan fingerprint density at radius 1 is 1.47 bits per heavy atom. The highest BCUT2D eigenvalue weighted by Crippen LogP contribution is 2.14. The summed E-state index contributed by atoms with van der Waals surface area (Å²) in [6.07, 6.45) is 6.59. The summed E-state index contributed by atoms with van der Waals surface area (Å²) in [5, 5.41) is 3.50. The standard InChI is InChI=1S/C9H10ClN5/c1-6(9-12-2-3-13-9)14-8-5-11-4-7(10)15-8/h2-6H,1H3,(H,12,13)(H,14,15). The summed E-state index contributed by atoms with van der Waals surface area (Å²) in [7, 11) is 0. The van der Waals surface area contributed by atoms with E-state index >= 15 is 0 Å². The molecule has 2 aromatic heterocycles. The summed E-state index contributed by atoms with van der Waals surface area (Å²) in [6, 6.07) is 0.0350. The van der Waals surface area contributed by atoms with Gasteiger partial charge in [0.25, 0.3) is 0 Å². The zero-order valence-corrected chi connectivity index (χ0v) is 8.86. The third-order valence-corrected chi connectivity index (χ3v) is 2.08. The van der Waals surface area contributed by atoms with Gasteiger partial charge in [0.15, 0.2) is 0 Å². The summed E-state index contributed by atoms with van der Waals surface area (Å²) in [5.41, 5.74) is 0. The van der Waals surface area contributed by atoms with E-state index in [2.05, 4.69) is 25.3 Å². The van der Waals surface area contributed by atoms with Gasteiger partial charge in [-0.3, -0.25) is 4.98 Å². The van der Waals surface area contributed by atoms with Crippen molar-refractivity contribution in [1.82, 2.24) is 19.9 Å². The van der Waals surface area contributed by atoms with Gasteiger partial charge < -0.3 is 10.3 Å². The van der Waals surface area contributed by atoms with Gasteiger partial charge in [0, 0.05) is 12.4 Å². The van der Waals surface area contributed by atoms with Gasteiger partial charge in [0.05, 0.1) is 18.4 Å². The van der Waals surface area contributed by atoms with E-state index in [9.17, 15) is 0 Å². The van der Waals surface area contributed by atoms with E-state index in [1.807, 2.05) is 6.92 Å². The first kappa shape index (κ1) is 9.92. The fraction of sp³-hybridized carbons (Fsp3) is 0.222. The van der Waals surface area contributed by atoms with Gasteiger partial charge in [0.1, 0.15) is 16.8 Å². The summed E-state index contributed by atoms with van der Waals surface area (Å²) < 4.78 is 0. The van der Waals surface area contributed by atoms with Gasteiger partial charge in [-0.25, -0.2) is 9.97 Å². The molecule has 0 saturated heterocycles. The van der Waals surface area contributed by atoms with Crippen LogP contribution in [0.2, 0.25) is 5.15 Å². The largest absolute Gasteiger partial charge is 0.359 e. The number of hydrogen-bond donors (Lipinski definition) is 2. The predicted molar refractivity (Wildman–Crippen MR) is 57.7 cm³/mol. The highest BCUT2D eigenvalue weighted by Gasteiger charge is 2.07. The summed E-state index contributed by atoms with van der Waals surface area (Å²) in [5.74, 6) is 1.48. The molecule has 1 unspecified atom stereocenters. The smallest absolute Gasteiger partial charge is 0.149 e. The fourth-order valence-corrected chi connectivity index (χ4v) is 1.36. The van der Waals surface area contributed by atoms with Crippen molar-refractivity contribution in [3.8, 4) is 0 Å². The molecule has 2 heterocycles. The molecule has 5 nitrogen and oxygen atoms in total. The van der Waals surface area contributed by atoms with E-state index in [4.69, 9.17) is 11.6 Å². The zero-order chi connectivity index (χ0) is 10.7. The van der Waals surface area contributed by atoms with Crippen molar-refractivity contribution in [2.45, 2.75) is 13.0 Å². The molecule has 0 aliphatic rings. The van der Waals surface area contributed by atoms with Crippen molar-refractivity contribution < 1.29 is 0 Å². The van der Waals surface area contributed by atoms with E-state index in [0.29, 0.717) is 11.0 Å². The molecule has 0 aromatic carbocycles. The van der Waals surface area contributed by atoms with Gasteiger partial charge in [0.2, 0.25) is 0 Å². The van der Waals surface area contributed by atoms with Crippen LogP contribution in [0.5, 0.6) is 0 Å². The lowest BCUT2D eigenvalue weighted by Gasteiger charge is -2.11. The first-order chi connectivity index (χ1) is 7.25. The van der Waals surface area contributed by atoms with E-state index in [1.54, 1.807) is 18.6 Å². The second kappa shape index (κ2) is 4.27. The fourth-order valence-electron chi connectivity index (χ4n) is 1.22. The van der Waals surface area contributed by atoms with Crippen molar-refractivity contribution in [1.29, 1.82) is 0 Å². The minimum atomic E-state index is 0.0350. The Balaban J connectivity index is 2.09. The number of imidazole rings is 1. The number of H-pyrrole nitrogens is 1. The van der Waals surface area contributed by atoms with Crippen LogP contribution in [-0.2, 0) is 0 Å². The minimum absolute atomic E-state index is 0.0350. The molecule has 0 bridgehead atoms. The normalized spacial score (nSPS) is 12.4. The number of nitrogens with zero attached hydrogens (tertiary/aromatic N) is 3. The highest BCUT2D eigenvalue weighted by molar-refractivity contribution is 6.29. The Morgan fingerprint density at radius 3 is 3.00 bits per heavy atom. The van der Waals surface area contributed by atoms with Crippen LogP contribution in [0.4, 0.5) is 5.82 Å². The maximum absolute atomic E-state index is 5.72. The topological polar surface area (TPSA) is 66.5 Å². The Morgan fingerprint density at radius 2 is 2.33 bits per heavy atom. The van der Waals surface area contributed by atoms with Crippen molar-refractivity contribution >= 4 is 17.4 Å². The van der Waals surface area contributed by atoms with Crippen LogP contribution in [0.1, 0.15) is 18.8 Å². The van der Waals surface area contributed by atoms with Crippen molar-refractivity contribution in [2.24, 2.45) is 0 Å². The quantitative estimate of drug-likeness (QED) is 0.836. The number of anilines is 1. The molecule has 0 aliphatic carbocycles. The molecule has 6 heteroatoms. The Hall–Kier alpha value is -1.62. The molecule has 0 amide bonds. The molecule has 0 spiro atoms. The zero-order valence-electron chi connectivity index (χ0n) is 8.11. The third-order valence-electron chi connectivity index (χ3n) is 1.90. The molecule has 1 atom stereocenters. The second-order valence-electron chi connectivity index (χ2n) is 3.07. The van der Waals surface area contributed by atoms with Gasteiger partial charge >= 0.3 is 0 Å². The summed E-state index contributed by atoms with van der Waals surface area (Å²) in [6.45, 7) is 1.97. The number of rotatable bonds is 3. The molecule has 2 N–H and O–H groups in total. The second-order valence-corrected chi connectivity index (χ2v) is 3.45. The van der Waals surface area contributed by atoms with E-state index in [1.165, 1.54) is 6.20 Å². The number of aromatic amines is 1. The lowest BCUT2D eigenvalue weighted by atomic mass is 10.3. The van der Waals surface area contributed by atoms with Gasteiger partial charge in [-0.1, -0.05) is 11.6 Å². The van der Waals surface area contributed by atoms with Gasteiger partial charge in [-0.2, -0.15) is 0 Å². The van der Waals surface area contributed by atoms with Gasteiger partial charge in [-0.05, 0) is 6.92 Å². The molecule has 0 radical (unpaired) electrons. The lowest BCUT2D eigenvalue weighted by molar-refractivity contribution is 0.802. The van der Waals surface area contributed by atoms with Crippen LogP contribution in [0.15, 0.2) is 24.8 Å². The van der Waals surface area contributed by atoms with Crippen LogP contribution in [0, 0.1) is 0 Å². The van der Waals surface area contributed by atoms with Crippen LogP contribution in [0.3, 0.4) is 0 Å². The maximum Gasteiger partial charge on any atom is 0.149 e. The van der Waals surface area contributed by atoms with E-state index < -0.39 is 0 Å². The van der Waals surface area contributed by atoms with Gasteiger partial charge in [-0.15, -0.1) is 0 Å².